The van der Waals surface area contributed by atoms with E-state index in [4.69, 9.17) is 0 Å². The van der Waals surface area contributed by atoms with Gasteiger partial charge in [-0.15, -0.1) is 0 Å². The van der Waals surface area contributed by atoms with Crippen LogP contribution in [0.1, 0.15) is 52.4 Å². The summed E-state index contributed by atoms with van der Waals surface area (Å²) in [6.07, 6.45) is 9.72. The summed E-state index contributed by atoms with van der Waals surface area (Å²) in [6, 6.07) is 0. The molecule has 0 radical (unpaired) electrons. The van der Waals surface area contributed by atoms with Crippen molar-refractivity contribution in [3.63, 3.8) is 0 Å². The molecule has 0 bridgehead atoms. The molecule has 0 N–H and O–H groups in total. The molecule has 3 aliphatic rings. The maximum absolute atomic E-state index is 12.8. The van der Waals surface area contributed by atoms with Gasteiger partial charge < -0.3 is 0 Å². The predicted molar refractivity (Wildman–Crippen MR) is 79.2 cm³/mol. The first kappa shape index (κ1) is 13.8. The van der Waals surface area contributed by atoms with E-state index in [2.05, 4.69) is 26.0 Å². The van der Waals surface area contributed by atoms with Crippen molar-refractivity contribution in [2.75, 3.05) is 0 Å². The van der Waals surface area contributed by atoms with E-state index in [1.54, 1.807) is 0 Å². The summed E-state index contributed by atoms with van der Waals surface area (Å²) in [5.41, 5.74) is 2.73. The normalized spacial score (nSPS) is 36.9. The third-order valence-corrected chi connectivity index (χ3v) is 5.63. The van der Waals surface area contributed by atoms with Gasteiger partial charge in [-0.05, 0) is 38.5 Å². The first-order valence-electron chi connectivity index (χ1n) is 8.08. The van der Waals surface area contributed by atoms with E-state index >= 15 is 0 Å². The van der Waals surface area contributed by atoms with Gasteiger partial charge in [0, 0.05) is 23.7 Å². The fourth-order valence-electron chi connectivity index (χ4n) is 4.29. The molecule has 0 aromatic heterocycles. The molecule has 108 valence electrons. The molecule has 0 heterocycles. The molecule has 4 atom stereocenters. The second kappa shape index (κ2) is 5.31. The molecule has 0 spiro atoms. The Labute approximate surface area is 121 Å². The molecule has 3 aliphatic carbocycles. The molecule has 3 rings (SSSR count). The second-order valence-corrected chi connectivity index (χ2v) is 6.54. The van der Waals surface area contributed by atoms with E-state index in [-0.39, 0.29) is 23.7 Å². The first-order valence-corrected chi connectivity index (χ1v) is 8.08. The van der Waals surface area contributed by atoms with Gasteiger partial charge in [-0.2, -0.15) is 0 Å². The van der Waals surface area contributed by atoms with Gasteiger partial charge in [0.2, 0.25) is 0 Å². The van der Waals surface area contributed by atoms with Crippen molar-refractivity contribution in [2.45, 2.75) is 52.4 Å². The minimum atomic E-state index is -0.0183. The number of hydrogen-bond acceptors (Lipinski definition) is 2. The zero-order valence-electron chi connectivity index (χ0n) is 12.5. The highest BCUT2D eigenvalue weighted by atomic mass is 16.1. The van der Waals surface area contributed by atoms with E-state index in [9.17, 15) is 9.59 Å². The minimum Gasteiger partial charge on any atom is -0.299 e. The molecule has 0 amide bonds. The standard InChI is InChI=1S/C18H24O2/c1-3-11-5-7-13-15(9-11)17(19)14-8-6-12(4-2)10-16(14)18(13)20/h5-6,13-16H,3-4,7-10H2,1-2H3/t13-,14-,15+,16+/m1/s1. The molecule has 0 saturated heterocycles. The van der Waals surface area contributed by atoms with Crippen LogP contribution in [0.3, 0.4) is 0 Å². The van der Waals surface area contributed by atoms with Gasteiger partial charge in [0.1, 0.15) is 11.6 Å². The smallest absolute Gasteiger partial charge is 0.141 e. The van der Waals surface area contributed by atoms with Crippen LogP contribution in [-0.2, 0) is 9.59 Å². The highest BCUT2D eigenvalue weighted by Gasteiger charge is 2.50. The lowest BCUT2D eigenvalue weighted by Crippen LogP contribution is -2.49. The molecular weight excluding hydrogens is 248 g/mol. The van der Waals surface area contributed by atoms with Crippen molar-refractivity contribution in [1.29, 1.82) is 0 Å². The van der Waals surface area contributed by atoms with E-state index in [0.717, 1.165) is 38.5 Å². The van der Waals surface area contributed by atoms with Crippen LogP contribution in [0, 0.1) is 23.7 Å². The maximum Gasteiger partial charge on any atom is 0.141 e. The van der Waals surface area contributed by atoms with Crippen molar-refractivity contribution in [1.82, 2.24) is 0 Å². The summed E-state index contributed by atoms with van der Waals surface area (Å²) in [5.74, 6) is 0.696. The predicted octanol–water partition coefficient (Wildman–Crippen LogP) is 3.86. The average molecular weight is 272 g/mol. The molecule has 0 unspecified atom stereocenters. The third-order valence-electron chi connectivity index (χ3n) is 5.63. The van der Waals surface area contributed by atoms with Crippen LogP contribution in [0.5, 0.6) is 0 Å². The molecule has 1 saturated carbocycles. The number of carbonyl (C=O) groups is 2. The van der Waals surface area contributed by atoms with Gasteiger partial charge in [0.05, 0.1) is 0 Å². The number of Topliss-reactive ketones (excluding diaryl/α,β-unsaturated/α-hetero) is 2. The SMILES string of the molecule is CCC1=CC[C@H]2C(=O)[C@H]3CC(CC)=CC[C@H]3C(=O)[C@H]2C1. The Morgan fingerprint density at radius 2 is 1.20 bits per heavy atom. The van der Waals surface area contributed by atoms with Gasteiger partial charge in [-0.1, -0.05) is 37.1 Å². The highest BCUT2D eigenvalue weighted by molar-refractivity contribution is 6.00. The third kappa shape index (κ3) is 2.10. The van der Waals surface area contributed by atoms with Crippen LogP contribution in [0.2, 0.25) is 0 Å². The van der Waals surface area contributed by atoms with Crippen molar-refractivity contribution >= 4 is 11.6 Å². The van der Waals surface area contributed by atoms with Crippen molar-refractivity contribution in [2.24, 2.45) is 23.7 Å². The molecule has 2 nitrogen and oxygen atoms in total. The molecule has 1 fully saturated rings. The Kier molecular flexibility index (Phi) is 3.66. The van der Waals surface area contributed by atoms with Crippen molar-refractivity contribution in [3.05, 3.63) is 23.3 Å². The zero-order chi connectivity index (χ0) is 14.3. The molecule has 20 heavy (non-hydrogen) atoms. The number of rotatable bonds is 2. The molecule has 0 aromatic rings. The Balaban J connectivity index is 1.88. The van der Waals surface area contributed by atoms with E-state index < -0.39 is 0 Å². The minimum absolute atomic E-state index is 0.0136. The summed E-state index contributed by atoms with van der Waals surface area (Å²) < 4.78 is 0. The molecule has 2 heteroatoms. The van der Waals surface area contributed by atoms with Crippen molar-refractivity contribution < 1.29 is 9.59 Å². The van der Waals surface area contributed by atoms with Crippen LogP contribution in [0.4, 0.5) is 0 Å². The number of ketones is 2. The Morgan fingerprint density at radius 1 is 0.800 bits per heavy atom. The first-order chi connectivity index (χ1) is 9.65. The number of hydrogen-bond donors (Lipinski definition) is 0. The lowest BCUT2D eigenvalue weighted by atomic mass is 9.59. The van der Waals surface area contributed by atoms with Crippen LogP contribution in [0.15, 0.2) is 23.3 Å². The van der Waals surface area contributed by atoms with Gasteiger partial charge in [-0.25, -0.2) is 0 Å². The van der Waals surface area contributed by atoms with Gasteiger partial charge >= 0.3 is 0 Å². The molecule has 0 aromatic carbocycles. The number of allylic oxidation sites excluding steroid dienone is 4. The quantitative estimate of drug-likeness (QED) is 0.715. The second-order valence-electron chi connectivity index (χ2n) is 6.54. The molecule has 0 aliphatic heterocycles. The number of carbonyl (C=O) groups excluding carboxylic acids is 2. The summed E-state index contributed by atoms with van der Waals surface area (Å²) in [5, 5.41) is 0. The summed E-state index contributed by atoms with van der Waals surface area (Å²) >= 11 is 0. The van der Waals surface area contributed by atoms with Gasteiger partial charge in [0.25, 0.3) is 0 Å². The Morgan fingerprint density at radius 3 is 1.55 bits per heavy atom. The van der Waals surface area contributed by atoms with Crippen LogP contribution < -0.4 is 0 Å². The maximum atomic E-state index is 12.8. The van der Waals surface area contributed by atoms with Gasteiger partial charge in [-0.3, -0.25) is 9.59 Å². The zero-order valence-corrected chi connectivity index (χ0v) is 12.5. The van der Waals surface area contributed by atoms with Crippen LogP contribution in [0.25, 0.3) is 0 Å². The fraction of sp³-hybridized carbons (Fsp3) is 0.667. The largest absolute Gasteiger partial charge is 0.299 e. The van der Waals surface area contributed by atoms with Crippen LogP contribution in [-0.4, -0.2) is 11.6 Å². The van der Waals surface area contributed by atoms with E-state index in [1.807, 2.05) is 0 Å². The van der Waals surface area contributed by atoms with E-state index in [1.165, 1.54) is 11.1 Å². The van der Waals surface area contributed by atoms with Crippen LogP contribution >= 0.6 is 0 Å². The average Bonchev–Trinajstić information content (AvgIpc) is 2.51. The summed E-state index contributed by atoms with van der Waals surface area (Å²) in [4.78, 5) is 25.6. The Bertz CT molecular complexity index is 452. The van der Waals surface area contributed by atoms with E-state index in [0.29, 0.717) is 11.6 Å². The lowest BCUT2D eigenvalue weighted by molar-refractivity contribution is -0.147. The summed E-state index contributed by atoms with van der Waals surface area (Å²) in [6.45, 7) is 4.28. The monoisotopic (exact) mass is 272 g/mol. The highest BCUT2D eigenvalue weighted by Crippen LogP contribution is 2.46. The number of fused-ring (bicyclic) bond motifs is 2. The van der Waals surface area contributed by atoms with Crippen molar-refractivity contribution in [3.8, 4) is 0 Å². The lowest BCUT2D eigenvalue weighted by Gasteiger charge is -2.42. The topological polar surface area (TPSA) is 34.1 Å². The van der Waals surface area contributed by atoms with Gasteiger partial charge in [0.15, 0.2) is 0 Å². The molecular formula is C18H24O2. The summed E-state index contributed by atoms with van der Waals surface area (Å²) in [7, 11) is 0. The Hall–Kier alpha value is -1.18. The fourth-order valence-corrected chi connectivity index (χ4v) is 4.29.